The van der Waals surface area contributed by atoms with Crippen LogP contribution >= 0.6 is 11.6 Å². The predicted octanol–water partition coefficient (Wildman–Crippen LogP) is 4.14. The number of benzene rings is 2. The maximum absolute atomic E-state index is 13.0. The predicted molar refractivity (Wildman–Crippen MR) is 90.4 cm³/mol. The Morgan fingerprint density at radius 2 is 1.61 bits per heavy atom. The van der Waals surface area contributed by atoms with E-state index in [0.29, 0.717) is 5.06 Å². The van der Waals surface area contributed by atoms with Crippen LogP contribution in [-0.4, -0.2) is 22.8 Å². The summed E-state index contributed by atoms with van der Waals surface area (Å²) in [6.45, 7) is 0. The smallest absolute Gasteiger partial charge is 0.329 e. The van der Waals surface area contributed by atoms with Crippen LogP contribution in [0.1, 0.15) is 44.7 Å². The number of carbonyl (C=O) groups is 3. The van der Waals surface area contributed by atoms with Gasteiger partial charge in [-0.2, -0.15) is 13.2 Å². The molecule has 0 radical (unpaired) electrons. The second-order valence-corrected chi connectivity index (χ2v) is 7.01. The van der Waals surface area contributed by atoms with E-state index in [1.165, 1.54) is 12.1 Å². The normalized spacial score (nSPS) is 17.5. The average molecular weight is 410 g/mol. The highest BCUT2D eigenvalue weighted by Crippen LogP contribution is 2.52. The Morgan fingerprint density at radius 3 is 2.11 bits per heavy atom. The second kappa shape index (κ2) is 6.07. The highest BCUT2D eigenvalue weighted by molar-refractivity contribution is 6.32. The molecular formula is C19H11ClF3NO4. The number of hydrogen-bond acceptors (Lipinski definition) is 4. The zero-order valence-electron chi connectivity index (χ0n) is 14.0. The van der Waals surface area contributed by atoms with Crippen molar-refractivity contribution < 1.29 is 32.4 Å². The minimum absolute atomic E-state index is 0.0233. The molecule has 1 aliphatic carbocycles. The Morgan fingerprint density at radius 1 is 1.04 bits per heavy atom. The molecule has 4 rings (SSSR count). The summed E-state index contributed by atoms with van der Waals surface area (Å²) < 4.78 is 39.1. The van der Waals surface area contributed by atoms with Gasteiger partial charge in [0.1, 0.15) is 0 Å². The van der Waals surface area contributed by atoms with Crippen LogP contribution in [0, 0.1) is 0 Å². The van der Waals surface area contributed by atoms with Gasteiger partial charge in [-0.25, -0.2) is 4.79 Å². The highest BCUT2D eigenvalue weighted by atomic mass is 35.5. The quantitative estimate of drug-likeness (QED) is 0.715. The van der Waals surface area contributed by atoms with E-state index in [9.17, 15) is 27.6 Å². The Bertz CT molecular complexity index is 995. The fourth-order valence-corrected chi connectivity index (χ4v) is 3.50. The molecule has 0 N–H and O–H groups in total. The molecule has 2 aromatic carbocycles. The average Bonchev–Trinajstić information content (AvgIpc) is 3.42. The van der Waals surface area contributed by atoms with Crippen LogP contribution in [0.2, 0.25) is 5.02 Å². The molecule has 0 atom stereocenters. The van der Waals surface area contributed by atoms with Gasteiger partial charge in [-0.3, -0.25) is 9.59 Å². The number of hydroxylamine groups is 2. The summed E-state index contributed by atoms with van der Waals surface area (Å²) in [5, 5.41) is 0.319. The van der Waals surface area contributed by atoms with E-state index in [2.05, 4.69) is 0 Å². The lowest BCUT2D eigenvalue weighted by molar-refractivity contribution is -0.172. The summed E-state index contributed by atoms with van der Waals surface area (Å²) in [6, 6.07) is 8.63. The van der Waals surface area contributed by atoms with E-state index >= 15 is 0 Å². The first-order valence-electron chi connectivity index (χ1n) is 8.22. The van der Waals surface area contributed by atoms with Crippen molar-refractivity contribution in [3.05, 3.63) is 69.7 Å². The lowest BCUT2D eigenvalue weighted by Crippen LogP contribution is -2.37. The number of rotatable bonds is 3. The topological polar surface area (TPSA) is 63.7 Å². The van der Waals surface area contributed by atoms with Crippen molar-refractivity contribution in [2.45, 2.75) is 24.4 Å². The van der Waals surface area contributed by atoms with Gasteiger partial charge in [-0.05, 0) is 48.7 Å². The molecule has 0 unspecified atom stereocenters. The molecule has 0 bridgehead atoms. The molecule has 1 aliphatic heterocycles. The van der Waals surface area contributed by atoms with Crippen LogP contribution in [0.15, 0.2) is 42.5 Å². The molecule has 1 fully saturated rings. The monoisotopic (exact) mass is 409 g/mol. The summed E-state index contributed by atoms with van der Waals surface area (Å²) in [7, 11) is 0. The maximum atomic E-state index is 13.0. The molecule has 0 saturated heterocycles. The van der Waals surface area contributed by atoms with Crippen LogP contribution in [-0.2, 0) is 21.2 Å². The van der Waals surface area contributed by atoms with Crippen molar-refractivity contribution in [3.63, 3.8) is 0 Å². The third-order valence-electron chi connectivity index (χ3n) is 4.88. The van der Waals surface area contributed by atoms with Crippen LogP contribution < -0.4 is 0 Å². The van der Waals surface area contributed by atoms with Gasteiger partial charge < -0.3 is 4.84 Å². The molecule has 1 saturated carbocycles. The van der Waals surface area contributed by atoms with E-state index in [0.717, 1.165) is 18.2 Å². The first-order valence-corrected chi connectivity index (χ1v) is 8.60. The van der Waals surface area contributed by atoms with Crippen molar-refractivity contribution in [2.24, 2.45) is 0 Å². The summed E-state index contributed by atoms with van der Waals surface area (Å²) in [6.07, 6.45) is -4.23. The van der Waals surface area contributed by atoms with Gasteiger partial charge in [-0.15, -0.1) is 0 Å². The summed E-state index contributed by atoms with van der Waals surface area (Å²) in [5.41, 5.74) is -2.24. The molecule has 2 aromatic rings. The lowest BCUT2D eigenvalue weighted by Gasteiger charge is -2.20. The second-order valence-electron chi connectivity index (χ2n) is 6.60. The minimum atomic E-state index is -4.61. The van der Waals surface area contributed by atoms with Crippen molar-refractivity contribution >= 4 is 29.4 Å². The van der Waals surface area contributed by atoms with Gasteiger partial charge in [-0.1, -0.05) is 28.8 Å². The van der Waals surface area contributed by atoms with Crippen molar-refractivity contribution in [1.29, 1.82) is 0 Å². The zero-order chi connectivity index (χ0) is 20.3. The number of amides is 2. The molecule has 0 aromatic heterocycles. The SMILES string of the molecule is O=C1c2ccccc2C(=O)N1OC(=O)C1(c2cc(C(F)(F)F)ccc2Cl)CC1. The molecule has 2 amide bonds. The van der Waals surface area contributed by atoms with Gasteiger partial charge in [0, 0.05) is 5.02 Å². The van der Waals surface area contributed by atoms with Gasteiger partial charge in [0.15, 0.2) is 0 Å². The fourth-order valence-electron chi connectivity index (χ4n) is 3.20. The van der Waals surface area contributed by atoms with Crippen molar-refractivity contribution in [2.75, 3.05) is 0 Å². The van der Waals surface area contributed by atoms with Crippen LogP contribution in [0.25, 0.3) is 0 Å². The van der Waals surface area contributed by atoms with Crippen LogP contribution in [0.3, 0.4) is 0 Å². The number of halogens is 4. The summed E-state index contributed by atoms with van der Waals surface area (Å²) in [4.78, 5) is 42.4. The van der Waals surface area contributed by atoms with Gasteiger partial charge in [0.05, 0.1) is 22.1 Å². The third-order valence-corrected chi connectivity index (χ3v) is 5.21. The Labute approximate surface area is 161 Å². The standard InChI is InChI=1S/C19H11ClF3NO4/c20-14-6-5-10(19(21,22)23)9-13(14)18(7-8-18)17(27)28-24-15(25)11-3-1-2-4-12(11)16(24)26/h1-6,9H,7-8H2. The van der Waals surface area contributed by atoms with Crippen molar-refractivity contribution in [3.8, 4) is 0 Å². The van der Waals surface area contributed by atoms with E-state index in [4.69, 9.17) is 16.4 Å². The van der Waals surface area contributed by atoms with E-state index in [-0.39, 0.29) is 34.6 Å². The first kappa shape index (κ1) is 18.5. The Hall–Kier alpha value is -2.87. The number of imide groups is 1. The molecule has 144 valence electrons. The number of alkyl halides is 3. The van der Waals surface area contributed by atoms with E-state index in [1.807, 2.05) is 0 Å². The maximum Gasteiger partial charge on any atom is 0.416 e. The fraction of sp³-hybridized carbons (Fsp3) is 0.211. The molecule has 2 aliphatic rings. The molecule has 5 nitrogen and oxygen atoms in total. The molecule has 1 heterocycles. The Kier molecular flexibility index (Phi) is 4.01. The van der Waals surface area contributed by atoms with Crippen LogP contribution in [0.5, 0.6) is 0 Å². The van der Waals surface area contributed by atoms with Crippen LogP contribution in [0.4, 0.5) is 13.2 Å². The van der Waals surface area contributed by atoms with Gasteiger partial charge >= 0.3 is 12.1 Å². The summed E-state index contributed by atoms with van der Waals surface area (Å²) >= 11 is 6.04. The van der Waals surface area contributed by atoms with E-state index in [1.54, 1.807) is 12.1 Å². The third kappa shape index (κ3) is 2.75. The van der Waals surface area contributed by atoms with E-state index < -0.39 is 34.9 Å². The summed E-state index contributed by atoms with van der Waals surface area (Å²) in [5.74, 6) is -2.61. The number of hydrogen-bond donors (Lipinski definition) is 0. The highest BCUT2D eigenvalue weighted by Gasteiger charge is 2.56. The number of nitrogens with zero attached hydrogens (tertiary/aromatic N) is 1. The van der Waals surface area contributed by atoms with Gasteiger partial charge in [0.2, 0.25) is 0 Å². The molecule has 0 spiro atoms. The lowest BCUT2D eigenvalue weighted by atomic mass is 9.94. The zero-order valence-corrected chi connectivity index (χ0v) is 14.8. The number of carbonyl (C=O) groups excluding carboxylic acids is 3. The Balaban J connectivity index is 1.63. The molecule has 9 heteroatoms. The first-order chi connectivity index (χ1) is 13.1. The largest absolute Gasteiger partial charge is 0.416 e. The van der Waals surface area contributed by atoms with Crippen molar-refractivity contribution in [1.82, 2.24) is 5.06 Å². The molecule has 28 heavy (non-hydrogen) atoms. The number of fused-ring (bicyclic) bond motifs is 1. The molecular weight excluding hydrogens is 399 g/mol. The van der Waals surface area contributed by atoms with Gasteiger partial charge in [0.25, 0.3) is 11.8 Å². The minimum Gasteiger partial charge on any atom is -0.329 e.